The number of nitrogens with one attached hydrogen (secondary N) is 1. The van der Waals surface area contributed by atoms with Crippen molar-refractivity contribution in [1.82, 2.24) is 0 Å². The van der Waals surface area contributed by atoms with Gasteiger partial charge in [-0.2, -0.15) is 0 Å². The molecule has 92 valence electrons. The van der Waals surface area contributed by atoms with Crippen LogP contribution in [0.3, 0.4) is 0 Å². The van der Waals surface area contributed by atoms with Crippen molar-refractivity contribution < 1.29 is 0 Å². The van der Waals surface area contributed by atoms with E-state index in [2.05, 4.69) is 37.3 Å². The second kappa shape index (κ2) is 5.74. The normalized spacial score (nSPS) is 10.3. The van der Waals surface area contributed by atoms with E-state index in [1.165, 1.54) is 16.0 Å². The number of nitrogen functional groups attached to an aromatic ring is 1. The molecule has 3 heteroatoms. The Labute approximate surface area is 112 Å². The van der Waals surface area contributed by atoms with Crippen LogP contribution < -0.4 is 5.73 Å². The second-order valence-electron chi connectivity index (χ2n) is 4.17. The van der Waals surface area contributed by atoms with Crippen molar-refractivity contribution in [3.05, 3.63) is 65.2 Å². The van der Waals surface area contributed by atoms with Crippen molar-refractivity contribution in [3.63, 3.8) is 0 Å². The maximum Gasteiger partial charge on any atom is 0.122 e. The van der Waals surface area contributed by atoms with E-state index in [0.29, 0.717) is 0 Å². The smallest absolute Gasteiger partial charge is 0.122 e. The summed E-state index contributed by atoms with van der Waals surface area (Å²) < 4.78 is 0. The molecule has 0 aliphatic rings. The Hall–Kier alpha value is -1.74. The minimum Gasteiger partial charge on any atom is -0.384 e. The SMILES string of the molecule is Cc1ccccc1SCc1cccc(C(=N)N)c1. The van der Waals surface area contributed by atoms with Crippen LogP contribution in [0.15, 0.2) is 53.4 Å². The van der Waals surface area contributed by atoms with Crippen LogP contribution in [0.25, 0.3) is 0 Å². The summed E-state index contributed by atoms with van der Waals surface area (Å²) in [6, 6.07) is 16.2. The van der Waals surface area contributed by atoms with Crippen LogP contribution in [0, 0.1) is 12.3 Å². The Kier molecular flexibility index (Phi) is 4.05. The first-order chi connectivity index (χ1) is 8.66. The molecule has 0 atom stereocenters. The van der Waals surface area contributed by atoms with Crippen molar-refractivity contribution in [1.29, 1.82) is 5.41 Å². The zero-order chi connectivity index (χ0) is 13.0. The van der Waals surface area contributed by atoms with Gasteiger partial charge >= 0.3 is 0 Å². The molecule has 0 aromatic heterocycles. The van der Waals surface area contributed by atoms with Crippen LogP contribution in [0.1, 0.15) is 16.7 Å². The third-order valence-corrected chi connectivity index (χ3v) is 3.97. The number of hydrogen-bond acceptors (Lipinski definition) is 2. The highest BCUT2D eigenvalue weighted by molar-refractivity contribution is 7.98. The molecule has 3 N–H and O–H groups in total. The molecule has 0 heterocycles. The standard InChI is InChI=1S/C15H16N2S/c1-11-5-2-3-8-14(11)18-10-12-6-4-7-13(9-12)15(16)17/h2-9H,10H2,1H3,(H3,16,17). The van der Waals surface area contributed by atoms with Gasteiger partial charge in [-0.1, -0.05) is 36.4 Å². The molecule has 0 unspecified atom stereocenters. The molecule has 0 saturated heterocycles. The van der Waals surface area contributed by atoms with Gasteiger partial charge in [0.05, 0.1) is 0 Å². The summed E-state index contributed by atoms with van der Waals surface area (Å²) >= 11 is 1.81. The first-order valence-corrected chi connectivity index (χ1v) is 6.77. The molecule has 0 aliphatic carbocycles. The summed E-state index contributed by atoms with van der Waals surface area (Å²) in [6.07, 6.45) is 0. The van der Waals surface area contributed by atoms with Crippen molar-refractivity contribution in [2.45, 2.75) is 17.6 Å². The molecule has 0 aliphatic heterocycles. The number of amidine groups is 1. The largest absolute Gasteiger partial charge is 0.384 e. The van der Waals surface area contributed by atoms with E-state index in [1.807, 2.05) is 30.0 Å². The number of aryl methyl sites for hydroxylation is 1. The van der Waals surface area contributed by atoms with Gasteiger partial charge in [0.1, 0.15) is 5.84 Å². The Morgan fingerprint density at radius 1 is 1.17 bits per heavy atom. The van der Waals surface area contributed by atoms with Gasteiger partial charge in [-0.3, -0.25) is 5.41 Å². The van der Waals surface area contributed by atoms with Gasteiger partial charge in [0.2, 0.25) is 0 Å². The fourth-order valence-corrected chi connectivity index (χ4v) is 2.68. The van der Waals surface area contributed by atoms with Crippen molar-refractivity contribution in [2.75, 3.05) is 0 Å². The number of nitrogens with two attached hydrogens (primary N) is 1. The Balaban J connectivity index is 2.09. The van der Waals surface area contributed by atoms with Gasteiger partial charge < -0.3 is 5.73 Å². The average molecular weight is 256 g/mol. The van der Waals surface area contributed by atoms with Gasteiger partial charge in [0, 0.05) is 16.2 Å². The molecule has 18 heavy (non-hydrogen) atoms. The first kappa shape index (κ1) is 12.7. The topological polar surface area (TPSA) is 49.9 Å². The van der Waals surface area contributed by atoms with Crippen LogP contribution in [0.2, 0.25) is 0 Å². The lowest BCUT2D eigenvalue weighted by atomic mass is 10.1. The Morgan fingerprint density at radius 3 is 2.67 bits per heavy atom. The molecule has 2 aromatic rings. The van der Waals surface area contributed by atoms with E-state index in [4.69, 9.17) is 11.1 Å². The monoisotopic (exact) mass is 256 g/mol. The minimum absolute atomic E-state index is 0.123. The van der Waals surface area contributed by atoms with Crippen molar-refractivity contribution in [2.24, 2.45) is 5.73 Å². The summed E-state index contributed by atoms with van der Waals surface area (Å²) in [5.74, 6) is 1.02. The van der Waals surface area contributed by atoms with E-state index in [0.717, 1.165) is 11.3 Å². The van der Waals surface area contributed by atoms with E-state index in [-0.39, 0.29) is 5.84 Å². The first-order valence-electron chi connectivity index (χ1n) is 5.78. The fourth-order valence-electron chi connectivity index (χ4n) is 1.71. The quantitative estimate of drug-likeness (QED) is 0.499. The van der Waals surface area contributed by atoms with Crippen LogP contribution in [0.5, 0.6) is 0 Å². The Morgan fingerprint density at radius 2 is 1.94 bits per heavy atom. The fraction of sp³-hybridized carbons (Fsp3) is 0.133. The lowest BCUT2D eigenvalue weighted by Crippen LogP contribution is -2.10. The van der Waals surface area contributed by atoms with Gasteiger partial charge in [-0.15, -0.1) is 11.8 Å². The second-order valence-corrected chi connectivity index (χ2v) is 5.19. The number of rotatable bonds is 4. The average Bonchev–Trinajstić information content (AvgIpc) is 2.38. The van der Waals surface area contributed by atoms with Crippen molar-refractivity contribution in [3.8, 4) is 0 Å². The molecule has 0 fully saturated rings. The zero-order valence-electron chi connectivity index (χ0n) is 10.3. The van der Waals surface area contributed by atoms with Gasteiger partial charge in [0.25, 0.3) is 0 Å². The Bertz CT molecular complexity index is 564. The van der Waals surface area contributed by atoms with Crippen LogP contribution in [-0.2, 0) is 5.75 Å². The molecule has 0 bridgehead atoms. The lowest BCUT2D eigenvalue weighted by molar-refractivity contribution is 1.29. The molecular formula is C15H16N2S. The molecule has 0 spiro atoms. The lowest BCUT2D eigenvalue weighted by Gasteiger charge is -2.06. The minimum atomic E-state index is 0.123. The zero-order valence-corrected chi connectivity index (χ0v) is 11.1. The summed E-state index contributed by atoms with van der Waals surface area (Å²) in [4.78, 5) is 1.30. The number of hydrogen-bond donors (Lipinski definition) is 2. The predicted molar refractivity (Wildman–Crippen MR) is 78.2 cm³/mol. The summed E-state index contributed by atoms with van der Waals surface area (Å²) in [5.41, 5.74) is 8.77. The van der Waals surface area contributed by atoms with E-state index in [9.17, 15) is 0 Å². The molecule has 0 saturated carbocycles. The molecule has 2 aromatic carbocycles. The van der Waals surface area contributed by atoms with Crippen LogP contribution >= 0.6 is 11.8 Å². The summed E-state index contributed by atoms with van der Waals surface area (Å²) in [6.45, 7) is 2.12. The van der Waals surface area contributed by atoms with Crippen molar-refractivity contribution >= 4 is 17.6 Å². The molecular weight excluding hydrogens is 240 g/mol. The molecule has 0 radical (unpaired) electrons. The maximum atomic E-state index is 7.43. The highest BCUT2D eigenvalue weighted by atomic mass is 32.2. The highest BCUT2D eigenvalue weighted by Crippen LogP contribution is 2.25. The number of thioether (sulfide) groups is 1. The van der Waals surface area contributed by atoms with E-state index < -0.39 is 0 Å². The highest BCUT2D eigenvalue weighted by Gasteiger charge is 2.01. The molecule has 2 nitrogen and oxygen atoms in total. The maximum absolute atomic E-state index is 7.43. The van der Waals surface area contributed by atoms with E-state index in [1.54, 1.807) is 0 Å². The van der Waals surface area contributed by atoms with Gasteiger partial charge in [-0.05, 0) is 30.2 Å². The molecule has 0 amide bonds. The van der Waals surface area contributed by atoms with E-state index >= 15 is 0 Å². The third-order valence-electron chi connectivity index (χ3n) is 2.73. The number of benzene rings is 2. The summed E-state index contributed by atoms with van der Waals surface area (Å²) in [5, 5.41) is 7.43. The van der Waals surface area contributed by atoms with Gasteiger partial charge in [-0.25, -0.2) is 0 Å². The van der Waals surface area contributed by atoms with Gasteiger partial charge in [0.15, 0.2) is 0 Å². The van der Waals surface area contributed by atoms with Crippen LogP contribution in [-0.4, -0.2) is 5.84 Å². The summed E-state index contributed by atoms with van der Waals surface area (Å²) in [7, 11) is 0. The molecule has 2 rings (SSSR count). The third kappa shape index (κ3) is 3.14. The van der Waals surface area contributed by atoms with Crippen LogP contribution in [0.4, 0.5) is 0 Å². The predicted octanol–water partition coefficient (Wildman–Crippen LogP) is 3.57.